The molecule has 0 saturated heterocycles. The Morgan fingerprint density at radius 2 is 1.55 bits per heavy atom. The van der Waals surface area contributed by atoms with E-state index in [2.05, 4.69) is 10.0 Å². The predicted octanol–water partition coefficient (Wildman–Crippen LogP) is 4.30. The molecular formula is C21H19Cl2N3O5S2. The highest BCUT2D eigenvalue weighted by atomic mass is 35.5. The van der Waals surface area contributed by atoms with Crippen molar-refractivity contribution in [2.75, 3.05) is 24.1 Å². The molecular weight excluding hydrogens is 509 g/mol. The summed E-state index contributed by atoms with van der Waals surface area (Å²) in [7, 11) is -5.06. The molecule has 0 radical (unpaired) electrons. The number of nitrogens with zero attached hydrogens (tertiary/aromatic N) is 1. The number of rotatable bonds is 7. The average Bonchev–Trinajstić information content (AvgIpc) is 2.74. The Morgan fingerprint density at radius 1 is 0.848 bits per heavy atom. The van der Waals surface area contributed by atoms with Crippen molar-refractivity contribution in [1.29, 1.82) is 0 Å². The Morgan fingerprint density at radius 3 is 2.21 bits per heavy atom. The van der Waals surface area contributed by atoms with Crippen molar-refractivity contribution in [3.8, 4) is 0 Å². The Balaban J connectivity index is 1.88. The second kappa shape index (κ2) is 9.70. The minimum absolute atomic E-state index is 0.0507. The molecule has 0 aromatic heterocycles. The molecule has 3 aromatic carbocycles. The van der Waals surface area contributed by atoms with Crippen LogP contribution in [0.3, 0.4) is 0 Å². The second-order valence-electron chi connectivity index (χ2n) is 7.03. The summed E-state index contributed by atoms with van der Waals surface area (Å²) in [6.45, 7) is 0. The lowest BCUT2D eigenvalue weighted by molar-refractivity contribution is 0.102. The maximum atomic E-state index is 12.8. The molecule has 0 aliphatic carbocycles. The van der Waals surface area contributed by atoms with E-state index in [-0.39, 0.29) is 31.8 Å². The van der Waals surface area contributed by atoms with Gasteiger partial charge in [0.25, 0.3) is 15.9 Å². The molecule has 0 unspecified atom stereocenters. The number of sulfonamides is 2. The average molecular weight is 528 g/mol. The molecule has 174 valence electrons. The molecule has 0 bridgehead atoms. The van der Waals surface area contributed by atoms with Crippen LogP contribution in [0.1, 0.15) is 10.4 Å². The number of halogens is 2. The molecule has 1 amide bonds. The number of hydrogen-bond donors (Lipinski definition) is 2. The molecule has 12 heteroatoms. The zero-order valence-electron chi connectivity index (χ0n) is 17.4. The number of benzene rings is 3. The van der Waals surface area contributed by atoms with Gasteiger partial charge in [0.15, 0.2) is 0 Å². The first kappa shape index (κ1) is 25.0. The number of anilines is 2. The smallest absolute Gasteiger partial charge is 0.263 e. The quantitative estimate of drug-likeness (QED) is 0.475. The number of carbonyl (C=O) groups excluding carboxylic acids is 1. The topological polar surface area (TPSA) is 113 Å². The van der Waals surface area contributed by atoms with Gasteiger partial charge in [-0.25, -0.2) is 21.1 Å². The maximum Gasteiger partial charge on any atom is 0.263 e. The first-order valence-electron chi connectivity index (χ1n) is 9.32. The van der Waals surface area contributed by atoms with Crippen LogP contribution in [0.15, 0.2) is 76.5 Å². The minimum atomic E-state index is -4.10. The Bertz CT molecular complexity index is 1430. The predicted molar refractivity (Wildman–Crippen MR) is 129 cm³/mol. The minimum Gasteiger partial charge on any atom is -0.322 e. The van der Waals surface area contributed by atoms with E-state index in [1.165, 1.54) is 68.7 Å². The van der Waals surface area contributed by atoms with Crippen molar-refractivity contribution in [2.45, 2.75) is 9.79 Å². The highest BCUT2D eigenvalue weighted by Crippen LogP contribution is 2.28. The lowest BCUT2D eigenvalue weighted by atomic mass is 10.2. The summed E-state index contributed by atoms with van der Waals surface area (Å²) in [5, 5.41) is 2.85. The summed E-state index contributed by atoms with van der Waals surface area (Å²) in [4.78, 5) is 12.4. The van der Waals surface area contributed by atoms with E-state index in [0.717, 1.165) is 4.31 Å². The van der Waals surface area contributed by atoms with Crippen LogP contribution in [0.5, 0.6) is 0 Å². The lowest BCUT2D eigenvalue weighted by Gasteiger charge is -2.13. The third-order valence-corrected chi connectivity index (χ3v) is 8.34. The lowest BCUT2D eigenvalue weighted by Crippen LogP contribution is -2.22. The SMILES string of the molecule is CN(C)S(=O)(=O)c1cccc(C(=O)Nc2ccc(Cl)c(S(=O)(=O)Nc3cccc(Cl)c3)c2)c1. The van der Waals surface area contributed by atoms with Crippen LogP contribution in [-0.4, -0.2) is 41.1 Å². The molecule has 8 nitrogen and oxygen atoms in total. The fourth-order valence-corrected chi connectivity index (χ4v) is 5.48. The van der Waals surface area contributed by atoms with E-state index in [4.69, 9.17) is 23.2 Å². The summed E-state index contributed by atoms with van der Waals surface area (Å²) >= 11 is 12.0. The van der Waals surface area contributed by atoms with Crippen LogP contribution in [-0.2, 0) is 20.0 Å². The summed E-state index contributed by atoms with van der Waals surface area (Å²) in [6.07, 6.45) is 0. The molecule has 0 saturated carbocycles. The van der Waals surface area contributed by atoms with Gasteiger partial charge in [0.1, 0.15) is 4.90 Å². The van der Waals surface area contributed by atoms with Crippen LogP contribution in [0.2, 0.25) is 10.0 Å². The summed E-state index contributed by atoms with van der Waals surface area (Å²) in [5.41, 5.74) is 0.470. The molecule has 0 heterocycles. The van der Waals surface area contributed by atoms with Gasteiger partial charge >= 0.3 is 0 Å². The van der Waals surface area contributed by atoms with E-state index in [1.54, 1.807) is 12.1 Å². The monoisotopic (exact) mass is 527 g/mol. The maximum absolute atomic E-state index is 12.8. The Labute approximate surface area is 202 Å². The van der Waals surface area contributed by atoms with Crippen LogP contribution in [0, 0.1) is 0 Å². The van der Waals surface area contributed by atoms with Crippen molar-refractivity contribution in [1.82, 2.24) is 4.31 Å². The van der Waals surface area contributed by atoms with Gasteiger partial charge in [-0.2, -0.15) is 0 Å². The van der Waals surface area contributed by atoms with Crippen LogP contribution < -0.4 is 10.0 Å². The largest absolute Gasteiger partial charge is 0.322 e. The second-order valence-corrected chi connectivity index (χ2v) is 11.7. The Kier molecular flexibility index (Phi) is 7.35. The number of nitrogens with one attached hydrogen (secondary N) is 2. The van der Waals surface area contributed by atoms with Crippen LogP contribution >= 0.6 is 23.2 Å². The number of amides is 1. The molecule has 0 aliphatic rings. The molecule has 3 rings (SSSR count). The van der Waals surface area contributed by atoms with Crippen LogP contribution in [0.25, 0.3) is 0 Å². The molecule has 33 heavy (non-hydrogen) atoms. The van der Waals surface area contributed by atoms with E-state index >= 15 is 0 Å². The summed E-state index contributed by atoms with van der Waals surface area (Å²) in [6, 6.07) is 15.6. The van der Waals surface area contributed by atoms with Gasteiger partial charge in [-0.15, -0.1) is 0 Å². The first-order valence-corrected chi connectivity index (χ1v) is 13.0. The van der Waals surface area contributed by atoms with Gasteiger partial charge in [-0.1, -0.05) is 35.3 Å². The van der Waals surface area contributed by atoms with Gasteiger partial charge in [0.05, 0.1) is 15.6 Å². The molecule has 0 fully saturated rings. The van der Waals surface area contributed by atoms with Gasteiger partial charge < -0.3 is 5.32 Å². The van der Waals surface area contributed by atoms with E-state index in [9.17, 15) is 21.6 Å². The summed E-state index contributed by atoms with van der Waals surface area (Å²) in [5.74, 6) is -0.626. The van der Waals surface area contributed by atoms with Crippen molar-refractivity contribution in [2.24, 2.45) is 0 Å². The fourth-order valence-electron chi connectivity index (χ4n) is 2.76. The van der Waals surface area contributed by atoms with Gasteiger partial charge in [0.2, 0.25) is 10.0 Å². The molecule has 0 aliphatic heterocycles. The normalized spacial score (nSPS) is 11.9. The standard InChI is InChI=1S/C21H19Cl2N3O5S2/c1-26(2)33(30,31)18-8-3-5-14(11-18)21(27)24-16-9-10-19(23)20(13-16)32(28,29)25-17-7-4-6-15(22)12-17/h3-13,25H,1-2H3,(H,24,27). The molecule has 3 aromatic rings. The zero-order valence-corrected chi connectivity index (χ0v) is 20.6. The first-order chi connectivity index (χ1) is 15.4. The highest BCUT2D eigenvalue weighted by Gasteiger charge is 2.21. The Hall–Kier alpha value is -2.63. The van der Waals surface area contributed by atoms with E-state index in [1.807, 2.05) is 0 Å². The highest BCUT2D eigenvalue weighted by molar-refractivity contribution is 7.92. The van der Waals surface area contributed by atoms with Crippen molar-refractivity contribution >= 4 is 60.5 Å². The zero-order chi connectivity index (χ0) is 24.4. The van der Waals surface area contributed by atoms with Gasteiger partial charge in [-0.3, -0.25) is 9.52 Å². The van der Waals surface area contributed by atoms with Gasteiger partial charge in [-0.05, 0) is 54.6 Å². The molecule has 0 atom stereocenters. The summed E-state index contributed by atoms with van der Waals surface area (Å²) < 4.78 is 53.7. The van der Waals surface area contributed by atoms with E-state index < -0.39 is 26.0 Å². The third kappa shape index (κ3) is 5.84. The van der Waals surface area contributed by atoms with Crippen molar-refractivity contribution in [3.63, 3.8) is 0 Å². The van der Waals surface area contributed by atoms with Crippen molar-refractivity contribution in [3.05, 3.63) is 82.3 Å². The van der Waals surface area contributed by atoms with Crippen LogP contribution in [0.4, 0.5) is 11.4 Å². The van der Waals surface area contributed by atoms with Gasteiger partial charge in [0, 0.05) is 30.4 Å². The third-order valence-electron chi connectivity index (χ3n) is 4.43. The molecule has 0 spiro atoms. The van der Waals surface area contributed by atoms with Crippen molar-refractivity contribution < 1.29 is 21.6 Å². The number of carbonyl (C=O) groups is 1. The van der Waals surface area contributed by atoms with E-state index in [0.29, 0.717) is 5.02 Å². The fraction of sp³-hybridized carbons (Fsp3) is 0.0952. The molecule has 2 N–H and O–H groups in total. The number of hydrogen-bond acceptors (Lipinski definition) is 5.